The predicted molar refractivity (Wildman–Crippen MR) is 91.5 cm³/mol. The lowest BCUT2D eigenvalue weighted by Crippen LogP contribution is -2.47. The predicted octanol–water partition coefficient (Wildman–Crippen LogP) is 3.16. The number of halogens is 2. The number of hydrogen-bond donors (Lipinski definition) is 1. The highest BCUT2D eigenvalue weighted by Crippen LogP contribution is 2.32. The van der Waals surface area contributed by atoms with E-state index in [1.54, 1.807) is 12.1 Å². The highest BCUT2D eigenvalue weighted by molar-refractivity contribution is 6.31. The molecular formula is C18H24ClFN2O2. The van der Waals surface area contributed by atoms with Gasteiger partial charge in [-0.3, -0.25) is 9.69 Å². The van der Waals surface area contributed by atoms with Crippen molar-refractivity contribution in [1.82, 2.24) is 10.2 Å². The largest absolute Gasteiger partial charge is 0.376 e. The van der Waals surface area contributed by atoms with Crippen LogP contribution in [-0.2, 0) is 9.53 Å². The molecule has 1 saturated carbocycles. The second kappa shape index (κ2) is 7.81. The molecule has 0 spiro atoms. The average Bonchev–Trinajstić information content (AvgIpc) is 2.48. The summed E-state index contributed by atoms with van der Waals surface area (Å²) in [4.78, 5) is 14.3. The zero-order valence-electron chi connectivity index (χ0n) is 13.9. The molecule has 1 aliphatic heterocycles. The molecule has 1 aromatic rings. The molecular weight excluding hydrogens is 331 g/mol. The summed E-state index contributed by atoms with van der Waals surface area (Å²) in [6.45, 7) is 4.34. The summed E-state index contributed by atoms with van der Waals surface area (Å²) in [5.74, 6) is -0.144. The van der Waals surface area contributed by atoms with E-state index in [4.69, 9.17) is 16.3 Å². The van der Waals surface area contributed by atoms with Crippen molar-refractivity contribution in [2.24, 2.45) is 5.92 Å². The highest BCUT2D eigenvalue weighted by Gasteiger charge is 2.31. The lowest BCUT2D eigenvalue weighted by molar-refractivity contribution is -0.127. The fourth-order valence-corrected chi connectivity index (χ4v) is 3.67. The molecule has 6 heteroatoms. The van der Waals surface area contributed by atoms with Crippen molar-refractivity contribution in [3.8, 4) is 0 Å². The van der Waals surface area contributed by atoms with Crippen LogP contribution in [0.5, 0.6) is 0 Å². The molecule has 0 radical (unpaired) electrons. The molecule has 4 nitrogen and oxygen atoms in total. The van der Waals surface area contributed by atoms with Crippen LogP contribution in [0.25, 0.3) is 0 Å². The topological polar surface area (TPSA) is 41.6 Å². The number of morpholine rings is 1. The first kappa shape index (κ1) is 17.6. The molecule has 1 aliphatic carbocycles. The quantitative estimate of drug-likeness (QED) is 0.883. The Hall–Kier alpha value is -1.17. The van der Waals surface area contributed by atoms with Gasteiger partial charge >= 0.3 is 0 Å². The zero-order valence-corrected chi connectivity index (χ0v) is 14.7. The third-order valence-corrected chi connectivity index (χ3v) is 5.32. The summed E-state index contributed by atoms with van der Waals surface area (Å²) >= 11 is 6.29. The molecule has 1 aromatic carbocycles. The van der Waals surface area contributed by atoms with Gasteiger partial charge in [0.1, 0.15) is 5.82 Å². The number of benzene rings is 1. The highest BCUT2D eigenvalue weighted by atomic mass is 35.5. The number of nitrogens with zero attached hydrogens (tertiary/aromatic N) is 1. The number of carbonyl (C=O) groups is 1. The summed E-state index contributed by atoms with van der Waals surface area (Å²) in [7, 11) is 0. The first-order valence-electron chi connectivity index (χ1n) is 8.63. The summed E-state index contributed by atoms with van der Waals surface area (Å²) < 4.78 is 20.0. The minimum atomic E-state index is -0.329. The van der Waals surface area contributed by atoms with E-state index in [1.807, 2.05) is 6.92 Å². The van der Waals surface area contributed by atoms with Crippen molar-refractivity contribution in [2.75, 3.05) is 26.2 Å². The third-order valence-electron chi connectivity index (χ3n) is 4.99. The molecule has 2 atom stereocenters. The van der Waals surface area contributed by atoms with Gasteiger partial charge in [0.15, 0.2) is 0 Å². The second-order valence-electron chi connectivity index (χ2n) is 6.70. The number of nitrogens with one attached hydrogen (secondary N) is 1. The van der Waals surface area contributed by atoms with Gasteiger partial charge < -0.3 is 10.1 Å². The monoisotopic (exact) mass is 354 g/mol. The van der Waals surface area contributed by atoms with Crippen LogP contribution in [-0.4, -0.2) is 43.2 Å². The second-order valence-corrected chi connectivity index (χ2v) is 7.11. The van der Waals surface area contributed by atoms with Gasteiger partial charge in [-0.1, -0.05) is 24.1 Å². The maximum absolute atomic E-state index is 14.5. The molecule has 1 saturated heterocycles. The average molecular weight is 355 g/mol. The minimum Gasteiger partial charge on any atom is -0.376 e. The van der Waals surface area contributed by atoms with Crippen molar-refractivity contribution in [3.63, 3.8) is 0 Å². The Kier molecular flexibility index (Phi) is 5.74. The van der Waals surface area contributed by atoms with E-state index in [0.717, 1.165) is 19.3 Å². The lowest BCUT2D eigenvalue weighted by atomic mass is 9.85. The molecule has 2 fully saturated rings. The molecule has 1 heterocycles. The molecule has 132 valence electrons. The SMILES string of the molecule is C[C@H]1CN([C@H](CNC(=O)C2CCC2)c2c(F)cccc2Cl)CCO1. The minimum absolute atomic E-state index is 0.0695. The van der Waals surface area contributed by atoms with Crippen LogP contribution in [0.4, 0.5) is 4.39 Å². The van der Waals surface area contributed by atoms with Crippen molar-refractivity contribution >= 4 is 17.5 Å². The fraction of sp³-hybridized carbons (Fsp3) is 0.611. The number of amides is 1. The Labute approximate surface area is 147 Å². The summed E-state index contributed by atoms with van der Waals surface area (Å²) in [5, 5.41) is 3.40. The maximum Gasteiger partial charge on any atom is 0.223 e. The fourth-order valence-electron chi connectivity index (χ4n) is 3.38. The van der Waals surface area contributed by atoms with Crippen LogP contribution < -0.4 is 5.32 Å². The summed E-state index contributed by atoms with van der Waals surface area (Å²) in [6.07, 6.45) is 3.09. The van der Waals surface area contributed by atoms with Crippen molar-refractivity contribution < 1.29 is 13.9 Å². The Balaban J connectivity index is 1.78. The first-order chi connectivity index (χ1) is 11.6. The Morgan fingerprint density at radius 1 is 1.50 bits per heavy atom. The molecule has 24 heavy (non-hydrogen) atoms. The van der Waals surface area contributed by atoms with Crippen LogP contribution in [0.2, 0.25) is 5.02 Å². The molecule has 3 rings (SSSR count). The van der Waals surface area contributed by atoms with Crippen LogP contribution >= 0.6 is 11.6 Å². The maximum atomic E-state index is 14.5. The molecule has 1 N–H and O–H groups in total. The van der Waals surface area contributed by atoms with Crippen LogP contribution in [0.15, 0.2) is 18.2 Å². The van der Waals surface area contributed by atoms with Gasteiger partial charge in [0.25, 0.3) is 0 Å². The number of ether oxygens (including phenoxy) is 1. The van der Waals surface area contributed by atoms with E-state index >= 15 is 0 Å². The van der Waals surface area contributed by atoms with Gasteiger partial charge in [-0.25, -0.2) is 4.39 Å². The Bertz CT molecular complexity index is 574. The van der Waals surface area contributed by atoms with Crippen molar-refractivity contribution in [3.05, 3.63) is 34.6 Å². The number of hydrogen-bond acceptors (Lipinski definition) is 3. The van der Waals surface area contributed by atoms with Crippen molar-refractivity contribution in [1.29, 1.82) is 0 Å². The van der Waals surface area contributed by atoms with Gasteiger partial charge in [0.05, 0.1) is 18.8 Å². The zero-order chi connectivity index (χ0) is 17.1. The Morgan fingerprint density at radius 2 is 2.29 bits per heavy atom. The van der Waals surface area contributed by atoms with E-state index in [0.29, 0.717) is 36.8 Å². The van der Waals surface area contributed by atoms with Crippen molar-refractivity contribution in [2.45, 2.75) is 38.3 Å². The lowest BCUT2D eigenvalue weighted by Gasteiger charge is -2.38. The molecule has 0 bridgehead atoms. The first-order valence-corrected chi connectivity index (χ1v) is 9.01. The standard InChI is InChI=1S/C18H24ClFN2O2/c1-12-11-22(8-9-24-12)16(10-21-18(23)13-4-2-5-13)17-14(19)6-3-7-15(17)20/h3,6-7,12-13,16H,2,4-5,8-11H2,1H3,(H,21,23)/t12-,16+/m0/s1. The normalized spacial score (nSPS) is 23.5. The van der Waals surface area contributed by atoms with Gasteiger partial charge in [-0.15, -0.1) is 0 Å². The molecule has 0 unspecified atom stereocenters. The van der Waals surface area contributed by atoms with E-state index in [2.05, 4.69) is 10.2 Å². The van der Waals surface area contributed by atoms with E-state index in [9.17, 15) is 9.18 Å². The molecule has 0 aromatic heterocycles. The summed E-state index contributed by atoms with van der Waals surface area (Å²) in [6, 6.07) is 4.44. The van der Waals surface area contributed by atoms with Gasteiger partial charge in [0, 0.05) is 36.1 Å². The van der Waals surface area contributed by atoms with E-state index < -0.39 is 0 Å². The van der Waals surface area contributed by atoms with Gasteiger partial charge in [0.2, 0.25) is 5.91 Å². The summed E-state index contributed by atoms with van der Waals surface area (Å²) in [5.41, 5.74) is 0.460. The van der Waals surface area contributed by atoms with Crippen LogP contribution in [0, 0.1) is 11.7 Å². The number of carbonyl (C=O) groups excluding carboxylic acids is 1. The molecule has 1 amide bonds. The number of rotatable bonds is 5. The Morgan fingerprint density at radius 3 is 2.92 bits per heavy atom. The molecule has 2 aliphatic rings. The third kappa shape index (κ3) is 3.90. The van der Waals surface area contributed by atoms with Gasteiger partial charge in [-0.05, 0) is 31.9 Å². The van der Waals surface area contributed by atoms with Crippen LogP contribution in [0.3, 0.4) is 0 Å². The van der Waals surface area contributed by atoms with E-state index in [1.165, 1.54) is 6.07 Å². The van der Waals surface area contributed by atoms with Gasteiger partial charge in [-0.2, -0.15) is 0 Å². The van der Waals surface area contributed by atoms with E-state index in [-0.39, 0.29) is 29.8 Å². The smallest absolute Gasteiger partial charge is 0.223 e. The van der Waals surface area contributed by atoms with Crippen LogP contribution in [0.1, 0.15) is 37.8 Å².